The molecule has 1 heterocycles. The highest BCUT2D eigenvalue weighted by Gasteiger charge is 2.33. The van der Waals surface area contributed by atoms with Gasteiger partial charge in [0.1, 0.15) is 0 Å². The molecule has 0 aromatic rings. The van der Waals surface area contributed by atoms with E-state index in [0.29, 0.717) is 19.1 Å². The molecule has 0 radical (unpaired) electrons. The zero-order chi connectivity index (χ0) is 10.6. The quantitative estimate of drug-likeness (QED) is 0.663. The Kier molecular flexibility index (Phi) is 3.89. The molecule has 0 aliphatic carbocycles. The molecular weight excluding hydrogens is 180 g/mol. The van der Waals surface area contributed by atoms with Gasteiger partial charge in [0, 0.05) is 18.0 Å². The van der Waals surface area contributed by atoms with Gasteiger partial charge >= 0.3 is 0 Å². The molecule has 14 heavy (non-hydrogen) atoms. The van der Waals surface area contributed by atoms with Crippen LogP contribution in [0.3, 0.4) is 0 Å². The predicted molar refractivity (Wildman–Crippen MR) is 55.1 cm³/mol. The topological polar surface area (TPSA) is 50.4 Å². The molecular formula is C10H20N2O2. The van der Waals surface area contributed by atoms with Gasteiger partial charge in [0.2, 0.25) is 5.91 Å². The van der Waals surface area contributed by atoms with E-state index in [9.17, 15) is 4.79 Å². The molecule has 4 nitrogen and oxygen atoms in total. The summed E-state index contributed by atoms with van der Waals surface area (Å²) < 4.78 is 5.10. The number of carbonyl (C=O) groups excluding carboxylic acids is 1. The Hall–Kier alpha value is -0.610. The Balaban J connectivity index is 2.08. The molecule has 82 valence electrons. The lowest BCUT2D eigenvalue weighted by molar-refractivity contribution is -0.126. The zero-order valence-electron chi connectivity index (χ0n) is 9.22. The minimum absolute atomic E-state index is 0.0619. The van der Waals surface area contributed by atoms with E-state index >= 15 is 0 Å². The summed E-state index contributed by atoms with van der Waals surface area (Å²) in [4.78, 5) is 11.3. The molecule has 4 heteroatoms. The summed E-state index contributed by atoms with van der Waals surface area (Å²) in [5.41, 5.74) is 0.160. The van der Waals surface area contributed by atoms with Crippen molar-refractivity contribution in [3.8, 4) is 0 Å². The molecule has 1 aliphatic heterocycles. The van der Waals surface area contributed by atoms with Crippen LogP contribution in [0, 0.1) is 5.41 Å². The Morgan fingerprint density at radius 1 is 1.50 bits per heavy atom. The van der Waals surface area contributed by atoms with Crippen LogP contribution in [0.15, 0.2) is 0 Å². The molecule has 1 saturated heterocycles. The maximum Gasteiger partial charge on any atom is 0.233 e. The monoisotopic (exact) mass is 200 g/mol. The van der Waals surface area contributed by atoms with Crippen molar-refractivity contribution in [3.05, 3.63) is 0 Å². The minimum atomic E-state index is 0.0619. The largest absolute Gasteiger partial charge is 0.380 e. The van der Waals surface area contributed by atoms with Gasteiger partial charge in [-0.05, 0) is 0 Å². The van der Waals surface area contributed by atoms with E-state index in [-0.39, 0.29) is 11.3 Å². The molecule has 0 bridgehead atoms. The average molecular weight is 200 g/mol. The maximum atomic E-state index is 11.3. The summed E-state index contributed by atoms with van der Waals surface area (Å²) in [5, 5.41) is 5.97. The summed E-state index contributed by atoms with van der Waals surface area (Å²) in [6.45, 7) is 8.78. The smallest absolute Gasteiger partial charge is 0.233 e. The van der Waals surface area contributed by atoms with Gasteiger partial charge in [-0.25, -0.2) is 0 Å². The first-order valence-electron chi connectivity index (χ1n) is 5.10. The first-order chi connectivity index (χ1) is 6.52. The number of nitrogens with one attached hydrogen (secondary N) is 2. The molecule has 0 saturated carbocycles. The van der Waals surface area contributed by atoms with Crippen LogP contribution in [0.25, 0.3) is 0 Å². The van der Waals surface area contributed by atoms with Crippen LogP contribution in [-0.4, -0.2) is 38.3 Å². The highest BCUT2D eigenvalue weighted by atomic mass is 16.5. The van der Waals surface area contributed by atoms with E-state index in [0.717, 1.165) is 13.2 Å². The number of carbonyl (C=O) groups is 1. The number of rotatable bonds is 5. The SMILES string of the molecule is CC(C)NCC(=O)NCC1(C)COC1. The van der Waals surface area contributed by atoms with E-state index < -0.39 is 0 Å². The van der Waals surface area contributed by atoms with E-state index in [2.05, 4.69) is 17.6 Å². The first kappa shape index (κ1) is 11.5. The van der Waals surface area contributed by atoms with Crippen molar-refractivity contribution < 1.29 is 9.53 Å². The molecule has 1 rings (SSSR count). The normalized spacial score (nSPS) is 19.1. The third-order valence-corrected chi connectivity index (χ3v) is 2.28. The number of amides is 1. The summed E-state index contributed by atoms with van der Waals surface area (Å²) in [7, 11) is 0. The summed E-state index contributed by atoms with van der Waals surface area (Å²) in [5.74, 6) is 0.0619. The standard InChI is InChI=1S/C10H20N2O2/c1-8(2)11-4-9(13)12-5-10(3)6-14-7-10/h8,11H,4-7H2,1-3H3,(H,12,13). The Bertz CT molecular complexity index is 200. The third kappa shape index (κ3) is 3.64. The van der Waals surface area contributed by atoms with Gasteiger partial charge in [0.05, 0.1) is 19.8 Å². The summed E-state index contributed by atoms with van der Waals surface area (Å²) in [6.07, 6.45) is 0. The second-order valence-electron chi connectivity index (χ2n) is 4.62. The van der Waals surface area contributed by atoms with Crippen LogP contribution in [-0.2, 0) is 9.53 Å². The molecule has 1 aliphatic rings. The van der Waals surface area contributed by atoms with Crippen molar-refractivity contribution in [3.63, 3.8) is 0 Å². The zero-order valence-corrected chi connectivity index (χ0v) is 9.22. The number of hydrogen-bond acceptors (Lipinski definition) is 3. The lowest BCUT2D eigenvalue weighted by Gasteiger charge is -2.38. The lowest BCUT2D eigenvalue weighted by atomic mass is 9.89. The first-order valence-corrected chi connectivity index (χ1v) is 5.10. The minimum Gasteiger partial charge on any atom is -0.380 e. The van der Waals surface area contributed by atoms with Crippen molar-refractivity contribution >= 4 is 5.91 Å². The van der Waals surface area contributed by atoms with Gasteiger partial charge in [-0.1, -0.05) is 20.8 Å². The van der Waals surface area contributed by atoms with Gasteiger partial charge in [0.25, 0.3) is 0 Å². The van der Waals surface area contributed by atoms with Crippen LogP contribution >= 0.6 is 0 Å². The highest BCUT2D eigenvalue weighted by molar-refractivity contribution is 5.78. The number of ether oxygens (including phenoxy) is 1. The van der Waals surface area contributed by atoms with E-state index in [4.69, 9.17) is 4.74 Å². The van der Waals surface area contributed by atoms with Crippen LogP contribution in [0.1, 0.15) is 20.8 Å². The van der Waals surface area contributed by atoms with Gasteiger partial charge < -0.3 is 15.4 Å². The molecule has 0 atom stereocenters. The second-order valence-corrected chi connectivity index (χ2v) is 4.62. The van der Waals surface area contributed by atoms with E-state index in [1.165, 1.54) is 0 Å². The summed E-state index contributed by atoms with van der Waals surface area (Å²) >= 11 is 0. The lowest BCUT2D eigenvalue weighted by Crippen LogP contribution is -2.50. The van der Waals surface area contributed by atoms with Crippen LogP contribution in [0.2, 0.25) is 0 Å². The van der Waals surface area contributed by atoms with Crippen LogP contribution in [0.4, 0.5) is 0 Å². The maximum absolute atomic E-state index is 11.3. The van der Waals surface area contributed by atoms with Gasteiger partial charge in [0.15, 0.2) is 0 Å². The number of hydrogen-bond donors (Lipinski definition) is 2. The van der Waals surface area contributed by atoms with Gasteiger partial charge in [-0.15, -0.1) is 0 Å². The van der Waals surface area contributed by atoms with Gasteiger partial charge in [-0.3, -0.25) is 4.79 Å². The summed E-state index contributed by atoms with van der Waals surface area (Å²) in [6, 6.07) is 0.350. The molecule has 0 spiro atoms. The third-order valence-electron chi connectivity index (χ3n) is 2.28. The molecule has 0 aromatic heterocycles. The molecule has 2 N–H and O–H groups in total. The fraction of sp³-hybridized carbons (Fsp3) is 0.900. The van der Waals surface area contributed by atoms with Crippen molar-refractivity contribution in [1.29, 1.82) is 0 Å². The van der Waals surface area contributed by atoms with Crippen molar-refractivity contribution in [2.75, 3.05) is 26.3 Å². The molecule has 1 fully saturated rings. The average Bonchev–Trinajstić information content (AvgIpc) is 2.08. The van der Waals surface area contributed by atoms with Crippen molar-refractivity contribution in [2.24, 2.45) is 5.41 Å². The molecule has 0 aromatic carbocycles. The second kappa shape index (κ2) is 4.75. The van der Waals surface area contributed by atoms with E-state index in [1.807, 2.05) is 13.8 Å². The van der Waals surface area contributed by atoms with E-state index in [1.54, 1.807) is 0 Å². The van der Waals surface area contributed by atoms with Crippen LogP contribution < -0.4 is 10.6 Å². The van der Waals surface area contributed by atoms with Crippen molar-refractivity contribution in [1.82, 2.24) is 10.6 Å². The Morgan fingerprint density at radius 2 is 2.14 bits per heavy atom. The van der Waals surface area contributed by atoms with Crippen LogP contribution in [0.5, 0.6) is 0 Å². The highest BCUT2D eigenvalue weighted by Crippen LogP contribution is 2.24. The molecule has 0 unspecified atom stereocenters. The van der Waals surface area contributed by atoms with Gasteiger partial charge in [-0.2, -0.15) is 0 Å². The fourth-order valence-corrected chi connectivity index (χ4v) is 1.22. The fourth-order valence-electron chi connectivity index (χ4n) is 1.22. The van der Waals surface area contributed by atoms with Crippen molar-refractivity contribution in [2.45, 2.75) is 26.8 Å². The Morgan fingerprint density at radius 3 is 2.57 bits per heavy atom. The predicted octanol–water partition coefficient (Wildman–Crippen LogP) is 0.137. The Labute approximate surface area is 85.4 Å². The molecule has 1 amide bonds.